The zero-order valence-electron chi connectivity index (χ0n) is 10.2. The second-order valence-electron chi connectivity index (χ2n) is 3.94. The van der Waals surface area contributed by atoms with E-state index in [1.54, 1.807) is 6.07 Å². The van der Waals surface area contributed by atoms with Gasteiger partial charge in [-0.2, -0.15) is 0 Å². The highest BCUT2D eigenvalue weighted by molar-refractivity contribution is 5.93. The lowest BCUT2D eigenvalue weighted by molar-refractivity contribution is 0.0697. The molecule has 0 saturated heterocycles. The number of furan rings is 1. The Balaban J connectivity index is 2.00. The summed E-state index contributed by atoms with van der Waals surface area (Å²) in [7, 11) is 0. The molecule has 104 valence electrons. The number of anilines is 1. The minimum Gasteiger partial charge on any atom is -0.478 e. The van der Waals surface area contributed by atoms with Crippen LogP contribution in [0.2, 0.25) is 0 Å². The van der Waals surface area contributed by atoms with Gasteiger partial charge in [0, 0.05) is 12.1 Å². The van der Waals surface area contributed by atoms with E-state index >= 15 is 0 Å². The molecule has 0 radical (unpaired) electrons. The summed E-state index contributed by atoms with van der Waals surface area (Å²) < 4.78 is 18.3. The summed E-state index contributed by atoms with van der Waals surface area (Å²) in [4.78, 5) is 22.3. The summed E-state index contributed by atoms with van der Waals surface area (Å²) in [6.07, 6.45) is 2.93. The Labute approximate surface area is 113 Å². The standard InChI is InChI=1S/C13H11FN2O4/c14-10-2-1-9(12(17)18)5-11(10)16-13(19)15-6-8-3-4-20-7-8/h1-5,7H,6H2,(H,17,18)(H2,15,16,19). The first kappa shape index (κ1) is 13.6. The van der Waals surface area contributed by atoms with Crippen molar-refractivity contribution in [1.82, 2.24) is 5.32 Å². The SMILES string of the molecule is O=C(NCc1ccoc1)Nc1cc(C(=O)O)ccc1F. The number of hydrogen-bond donors (Lipinski definition) is 3. The van der Waals surface area contributed by atoms with Gasteiger partial charge in [0.2, 0.25) is 0 Å². The predicted octanol–water partition coefficient (Wildman–Crippen LogP) is 2.44. The molecular formula is C13H11FN2O4. The predicted molar refractivity (Wildman–Crippen MR) is 67.9 cm³/mol. The maximum absolute atomic E-state index is 13.5. The topological polar surface area (TPSA) is 91.6 Å². The van der Waals surface area contributed by atoms with Gasteiger partial charge >= 0.3 is 12.0 Å². The maximum atomic E-state index is 13.5. The number of urea groups is 1. The Morgan fingerprint density at radius 2 is 2.10 bits per heavy atom. The Hall–Kier alpha value is -2.83. The highest BCUT2D eigenvalue weighted by Gasteiger charge is 2.11. The molecule has 7 heteroatoms. The van der Waals surface area contributed by atoms with E-state index in [0.717, 1.165) is 23.8 Å². The second kappa shape index (κ2) is 5.87. The number of carboxylic acid groups (broad SMARTS) is 1. The van der Waals surface area contributed by atoms with Crippen molar-refractivity contribution in [1.29, 1.82) is 0 Å². The molecule has 0 unspecified atom stereocenters. The third-order valence-corrected chi connectivity index (χ3v) is 2.49. The largest absolute Gasteiger partial charge is 0.478 e. The average Bonchev–Trinajstić information content (AvgIpc) is 2.92. The fourth-order valence-electron chi connectivity index (χ4n) is 1.50. The lowest BCUT2D eigenvalue weighted by Crippen LogP contribution is -2.28. The highest BCUT2D eigenvalue weighted by atomic mass is 19.1. The van der Waals surface area contributed by atoms with Crippen LogP contribution in [0.1, 0.15) is 15.9 Å². The van der Waals surface area contributed by atoms with Crippen LogP contribution in [0.3, 0.4) is 0 Å². The lowest BCUT2D eigenvalue weighted by atomic mass is 10.2. The third kappa shape index (κ3) is 3.35. The lowest BCUT2D eigenvalue weighted by Gasteiger charge is -2.08. The van der Waals surface area contributed by atoms with Crippen LogP contribution in [-0.2, 0) is 6.54 Å². The molecule has 0 atom stereocenters. The summed E-state index contributed by atoms with van der Waals surface area (Å²) in [6.45, 7) is 0.211. The van der Waals surface area contributed by atoms with Crippen LogP contribution in [0.25, 0.3) is 0 Å². The first-order valence-electron chi connectivity index (χ1n) is 5.65. The van der Waals surface area contributed by atoms with E-state index in [1.807, 2.05) is 0 Å². The van der Waals surface area contributed by atoms with Gasteiger partial charge in [0.05, 0.1) is 23.8 Å². The van der Waals surface area contributed by atoms with Gasteiger partial charge in [0.25, 0.3) is 0 Å². The van der Waals surface area contributed by atoms with Crippen molar-refractivity contribution in [2.24, 2.45) is 0 Å². The molecule has 0 aliphatic heterocycles. The molecule has 6 nitrogen and oxygen atoms in total. The van der Waals surface area contributed by atoms with E-state index in [0.29, 0.717) is 0 Å². The molecule has 0 bridgehead atoms. The molecule has 2 rings (SSSR count). The number of rotatable bonds is 4. The van der Waals surface area contributed by atoms with Crippen LogP contribution in [0.5, 0.6) is 0 Å². The molecule has 20 heavy (non-hydrogen) atoms. The zero-order chi connectivity index (χ0) is 14.5. The number of carboxylic acids is 1. The van der Waals surface area contributed by atoms with Gasteiger partial charge in [0.15, 0.2) is 0 Å². The quantitative estimate of drug-likeness (QED) is 0.801. The molecule has 1 heterocycles. The number of carbonyl (C=O) groups excluding carboxylic acids is 1. The van der Waals surface area contributed by atoms with Crippen molar-refractivity contribution in [3.63, 3.8) is 0 Å². The van der Waals surface area contributed by atoms with Crippen molar-refractivity contribution >= 4 is 17.7 Å². The van der Waals surface area contributed by atoms with E-state index in [-0.39, 0.29) is 17.8 Å². The number of hydrogen-bond acceptors (Lipinski definition) is 3. The van der Waals surface area contributed by atoms with Gasteiger partial charge in [-0.1, -0.05) is 0 Å². The van der Waals surface area contributed by atoms with Crippen molar-refractivity contribution in [3.8, 4) is 0 Å². The van der Waals surface area contributed by atoms with Gasteiger partial charge in [-0.25, -0.2) is 14.0 Å². The molecule has 0 spiro atoms. The third-order valence-electron chi connectivity index (χ3n) is 2.49. The second-order valence-corrected chi connectivity index (χ2v) is 3.94. The van der Waals surface area contributed by atoms with Crippen LogP contribution in [0.4, 0.5) is 14.9 Å². The summed E-state index contributed by atoms with van der Waals surface area (Å²) in [5, 5.41) is 13.5. The molecule has 0 aliphatic carbocycles. The number of carbonyl (C=O) groups is 2. The average molecular weight is 278 g/mol. The van der Waals surface area contributed by atoms with Gasteiger partial charge < -0.3 is 20.2 Å². The maximum Gasteiger partial charge on any atom is 0.335 e. The van der Waals surface area contributed by atoms with Gasteiger partial charge in [-0.15, -0.1) is 0 Å². The smallest absolute Gasteiger partial charge is 0.335 e. The highest BCUT2D eigenvalue weighted by Crippen LogP contribution is 2.16. The fourth-order valence-corrected chi connectivity index (χ4v) is 1.50. The summed E-state index contributed by atoms with van der Waals surface area (Å²) in [6, 6.07) is 4.18. The van der Waals surface area contributed by atoms with E-state index < -0.39 is 17.8 Å². The van der Waals surface area contributed by atoms with Crippen LogP contribution in [0.15, 0.2) is 41.2 Å². The van der Waals surface area contributed by atoms with E-state index in [4.69, 9.17) is 9.52 Å². The Morgan fingerprint density at radius 3 is 2.75 bits per heavy atom. The normalized spacial score (nSPS) is 10.1. The van der Waals surface area contributed by atoms with Crippen LogP contribution >= 0.6 is 0 Å². The summed E-state index contributed by atoms with van der Waals surface area (Å²) >= 11 is 0. The molecular weight excluding hydrogens is 267 g/mol. The van der Waals surface area contributed by atoms with Gasteiger partial charge in [-0.05, 0) is 24.3 Å². The molecule has 1 aromatic carbocycles. The first-order valence-corrected chi connectivity index (χ1v) is 5.65. The van der Waals surface area contributed by atoms with Crippen molar-refractivity contribution < 1.29 is 23.5 Å². The molecule has 1 aromatic heterocycles. The van der Waals surface area contributed by atoms with Crippen molar-refractivity contribution in [2.45, 2.75) is 6.54 Å². The van der Waals surface area contributed by atoms with Gasteiger partial charge in [-0.3, -0.25) is 0 Å². The minimum atomic E-state index is -1.20. The monoisotopic (exact) mass is 278 g/mol. The fraction of sp³-hybridized carbons (Fsp3) is 0.0769. The first-order chi connectivity index (χ1) is 9.56. The van der Waals surface area contributed by atoms with Gasteiger partial charge in [0.1, 0.15) is 5.82 Å². The number of amides is 2. The Morgan fingerprint density at radius 1 is 1.30 bits per heavy atom. The Bertz CT molecular complexity index is 625. The molecule has 2 amide bonds. The number of benzene rings is 1. The summed E-state index contributed by atoms with van der Waals surface area (Å²) in [5.41, 5.74) is 0.436. The molecule has 2 aromatic rings. The van der Waals surface area contributed by atoms with Crippen LogP contribution in [-0.4, -0.2) is 17.1 Å². The van der Waals surface area contributed by atoms with E-state index in [1.165, 1.54) is 12.5 Å². The number of halogens is 1. The van der Waals surface area contributed by atoms with Crippen LogP contribution in [0, 0.1) is 5.82 Å². The van der Waals surface area contributed by atoms with E-state index in [2.05, 4.69) is 10.6 Å². The van der Waals surface area contributed by atoms with Crippen molar-refractivity contribution in [3.05, 3.63) is 53.7 Å². The molecule has 3 N–H and O–H groups in total. The molecule has 0 fully saturated rings. The number of nitrogens with one attached hydrogen (secondary N) is 2. The molecule has 0 aliphatic rings. The summed E-state index contributed by atoms with van der Waals surface area (Å²) in [5.74, 6) is -1.92. The van der Waals surface area contributed by atoms with Crippen molar-refractivity contribution in [2.75, 3.05) is 5.32 Å². The Kier molecular flexibility index (Phi) is 3.99. The van der Waals surface area contributed by atoms with Crippen LogP contribution < -0.4 is 10.6 Å². The minimum absolute atomic E-state index is 0.114. The number of aromatic carboxylic acids is 1. The zero-order valence-corrected chi connectivity index (χ0v) is 10.2. The van der Waals surface area contributed by atoms with E-state index in [9.17, 15) is 14.0 Å². The molecule has 0 saturated carbocycles.